The molecule has 6 heteroatoms. The van der Waals surface area contributed by atoms with Crippen molar-refractivity contribution in [3.05, 3.63) is 19.2 Å². The maximum atomic E-state index is 8.32. The Hall–Kier alpha value is 0.420. The molecule has 0 amide bonds. The molecule has 1 aromatic heterocycles. The van der Waals surface area contributed by atoms with Crippen LogP contribution in [0.15, 0.2) is 19.5 Å². The lowest BCUT2D eigenvalue weighted by atomic mass is 10.5. The highest BCUT2D eigenvalue weighted by atomic mass is 79.9. The van der Waals surface area contributed by atoms with Crippen LogP contribution in [0, 0.1) is 0 Å². The van der Waals surface area contributed by atoms with Gasteiger partial charge in [0.25, 0.3) is 0 Å². The van der Waals surface area contributed by atoms with Crippen LogP contribution in [0.3, 0.4) is 0 Å². The summed E-state index contributed by atoms with van der Waals surface area (Å²) in [7, 11) is 0. The van der Waals surface area contributed by atoms with Gasteiger partial charge in [-0.05, 0) is 37.9 Å². The third kappa shape index (κ3) is 2.18. The first-order valence-corrected chi connectivity index (χ1v) is 5.26. The van der Waals surface area contributed by atoms with Gasteiger partial charge in [-0.3, -0.25) is 0 Å². The smallest absolute Gasteiger partial charge is 0.185 e. The molecular formula is C5H2Br2ClNOS. The molecule has 0 aliphatic rings. The summed E-state index contributed by atoms with van der Waals surface area (Å²) in [5, 5.41) is 11.3. The molecule has 0 spiro atoms. The van der Waals surface area contributed by atoms with Crippen molar-refractivity contribution in [2.75, 3.05) is 0 Å². The van der Waals surface area contributed by atoms with Crippen LogP contribution < -0.4 is 0 Å². The summed E-state index contributed by atoms with van der Waals surface area (Å²) < 4.78 is 1.83. The zero-order valence-electron chi connectivity index (χ0n) is 5.01. The van der Waals surface area contributed by atoms with Crippen molar-refractivity contribution in [2.24, 2.45) is 5.16 Å². The number of hydrogen-bond donors (Lipinski definition) is 1. The van der Waals surface area contributed by atoms with Crippen LogP contribution >= 0.6 is 54.8 Å². The SMILES string of the molecule is O/N=C(\Cl)c1cc(Br)c(Br)s1. The lowest BCUT2D eigenvalue weighted by Gasteiger charge is -1.84. The first-order valence-electron chi connectivity index (χ1n) is 2.48. The van der Waals surface area contributed by atoms with Crippen LogP contribution in [0.1, 0.15) is 4.88 Å². The van der Waals surface area contributed by atoms with E-state index in [0.717, 1.165) is 8.26 Å². The second kappa shape index (κ2) is 3.89. The van der Waals surface area contributed by atoms with Gasteiger partial charge in [-0.1, -0.05) is 16.8 Å². The molecule has 0 saturated heterocycles. The van der Waals surface area contributed by atoms with E-state index < -0.39 is 0 Å². The molecule has 0 aromatic carbocycles. The van der Waals surface area contributed by atoms with E-state index in [1.54, 1.807) is 6.07 Å². The number of hydrogen-bond acceptors (Lipinski definition) is 3. The fourth-order valence-electron chi connectivity index (χ4n) is 0.498. The van der Waals surface area contributed by atoms with Crippen molar-refractivity contribution >= 4 is 60.0 Å². The molecule has 2 nitrogen and oxygen atoms in total. The normalized spacial score (nSPS) is 12.1. The Morgan fingerprint density at radius 2 is 2.27 bits per heavy atom. The number of oxime groups is 1. The summed E-state index contributed by atoms with van der Waals surface area (Å²) in [6.45, 7) is 0. The van der Waals surface area contributed by atoms with Crippen LogP contribution in [-0.4, -0.2) is 10.4 Å². The average molecular weight is 319 g/mol. The molecule has 0 fully saturated rings. The number of nitrogens with zero attached hydrogens (tertiary/aromatic N) is 1. The average Bonchev–Trinajstić information content (AvgIpc) is 2.31. The van der Waals surface area contributed by atoms with Crippen molar-refractivity contribution in [3.8, 4) is 0 Å². The molecule has 1 aromatic rings. The number of thiophene rings is 1. The predicted octanol–water partition coefficient (Wildman–Crippen LogP) is 3.65. The second-order valence-corrected chi connectivity index (χ2v) is 5.21. The Labute approximate surface area is 89.1 Å². The van der Waals surface area contributed by atoms with E-state index in [0.29, 0.717) is 4.88 Å². The molecule has 1 N–H and O–H groups in total. The number of halogens is 3. The second-order valence-electron chi connectivity index (χ2n) is 1.62. The van der Waals surface area contributed by atoms with E-state index in [1.807, 2.05) is 0 Å². The van der Waals surface area contributed by atoms with Crippen LogP contribution in [-0.2, 0) is 0 Å². The fraction of sp³-hybridized carbons (Fsp3) is 0. The maximum absolute atomic E-state index is 8.32. The zero-order valence-corrected chi connectivity index (χ0v) is 9.76. The van der Waals surface area contributed by atoms with Crippen molar-refractivity contribution in [3.63, 3.8) is 0 Å². The summed E-state index contributed by atoms with van der Waals surface area (Å²) in [6, 6.07) is 1.77. The van der Waals surface area contributed by atoms with E-state index in [9.17, 15) is 0 Å². The topological polar surface area (TPSA) is 32.6 Å². The minimum Gasteiger partial charge on any atom is -0.410 e. The third-order valence-electron chi connectivity index (χ3n) is 0.936. The molecule has 0 bridgehead atoms. The van der Waals surface area contributed by atoms with Crippen molar-refractivity contribution in [1.29, 1.82) is 0 Å². The van der Waals surface area contributed by atoms with E-state index in [4.69, 9.17) is 16.8 Å². The molecular weight excluding hydrogens is 317 g/mol. The Morgan fingerprint density at radius 1 is 1.64 bits per heavy atom. The van der Waals surface area contributed by atoms with Gasteiger partial charge in [-0.15, -0.1) is 11.3 Å². The minimum atomic E-state index is 0.0985. The van der Waals surface area contributed by atoms with Gasteiger partial charge < -0.3 is 5.21 Å². The first-order chi connectivity index (χ1) is 5.15. The molecule has 0 aliphatic carbocycles. The standard InChI is InChI=1S/C5H2Br2ClNOS/c6-2-1-3(5(8)9-10)11-4(2)7/h1,10H/b9-5-. The van der Waals surface area contributed by atoms with E-state index in [1.165, 1.54) is 11.3 Å². The summed E-state index contributed by atoms with van der Waals surface area (Å²) in [5.41, 5.74) is 0. The van der Waals surface area contributed by atoms with Crippen LogP contribution in [0.4, 0.5) is 0 Å². The molecule has 60 valence electrons. The molecule has 0 saturated carbocycles. The minimum absolute atomic E-state index is 0.0985. The zero-order chi connectivity index (χ0) is 8.43. The van der Waals surface area contributed by atoms with Gasteiger partial charge in [0, 0.05) is 4.47 Å². The van der Waals surface area contributed by atoms with Crippen molar-refractivity contribution in [1.82, 2.24) is 0 Å². The first kappa shape index (κ1) is 9.51. The summed E-state index contributed by atoms with van der Waals surface area (Å²) >= 11 is 13.5. The molecule has 11 heavy (non-hydrogen) atoms. The van der Waals surface area contributed by atoms with Crippen LogP contribution in [0.2, 0.25) is 0 Å². The maximum Gasteiger partial charge on any atom is 0.185 e. The summed E-state index contributed by atoms with van der Waals surface area (Å²) in [6.07, 6.45) is 0. The highest BCUT2D eigenvalue weighted by Crippen LogP contribution is 2.33. The monoisotopic (exact) mass is 317 g/mol. The van der Waals surface area contributed by atoms with Crippen molar-refractivity contribution < 1.29 is 5.21 Å². The Kier molecular flexibility index (Phi) is 3.36. The van der Waals surface area contributed by atoms with Gasteiger partial charge in [0.15, 0.2) is 5.17 Å². The highest BCUT2D eigenvalue weighted by Gasteiger charge is 2.07. The van der Waals surface area contributed by atoms with E-state index in [-0.39, 0.29) is 5.17 Å². The van der Waals surface area contributed by atoms with Gasteiger partial charge in [-0.25, -0.2) is 0 Å². The Balaban J connectivity index is 3.07. The van der Waals surface area contributed by atoms with E-state index in [2.05, 4.69) is 37.0 Å². The predicted molar refractivity (Wildman–Crippen MR) is 53.9 cm³/mol. The van der Waals surface area contributed by atoms with Crippen LogP contribution in [0.25, 0.3) is 0 Å². The lowest BCUT2D eigenvalue weighted by molar-refractivity contribution is 0.321. The van der Waals surface area contributed by atoms with Gasteiger partial charge in [0.05, 0.1) is 8.66 Å². The summed E-state index contributed by atoms with van der Waals surface area (Å²) in [4.78, 5) is 0.716. The Bertz CT molecular complexity index is 279. The van der Waals surface area contributed by atoms with Crippen LogP contribution in [0.5, 0.6) is 0 Å². The largest absolute Gasteiger partial charge is 0.410 e. The van der Waals surface area contributed by atoms with Gasteiger partial charge in [0.2, 0.25) is 0 Å². The molecule has 0 unspecified atom stereocenters. The van der Waals surface area contributed by atoms with Gasteiger partial charge in [0.1, 0.15) is 0 Å². The fourth-order valence-corrected chi connectivity index (χ4v) is 2.58. The highest BCUT2D eigenvalue weighted by molar-refractivity contribution is 9.13. The van der Waals surface area contributed by atoms with Crippen molar-refractivity contribution in [2.45, 2.75) is 0 Å². The van der Waals surface area contributed by atoms with Gasteiger partial charge in [-0.2, -0.15) is 0 Å². The molecule has 0 atom stereocenters. The Morgan fingerprint density at radius 3 is 2.64 bits per heavy atom. The lowest BCUT2D eigenvalue weighted by Crippen LogP contribution is -1.83. The molecule has 0 aliphatic heterocycles. The molecule has 1 rings (SSSR count). The van der Waals surface area contributed by atoms with Gasteiger partial charge >= 0.3 is 0 Å². The van der Waals surface area contributed by atoms with E-state index >= 15 is 0 Å². The quantitative estimate of drug-likeness (QED) is 0.478. The number of rotatable bonds is 1. The third-order valence-corrected chi connectivity index (χ3v) is 4.59. The molecule has 1 heterocycles. The molecule has 0 radical (unpaired) electrons. The summed E-state index contributed by atoms with van der Waals surface area (Å²) in [5.74, 6) is 0.